The van der Waals surface area contributed by atoms with Crippen LogP contribution in [0.25, 0.3) is 11.1 Å². The van der Waals surface area contributed by atoms with Crippen LogP contribution in [0.3, 0.4) is 0 Å². The quantitative estimate of drug-likeness (QED) is 0.269. The van der Waals surface area contributed by atoms with Gasteiger partial charge >= 0.3 is 0 Å². The van der Waals surface area contributed by atoms with Crippen molar-refractivity contribution in [2.24, 2.45) is 21.7 Å². The number of Topliss-reactive ketones (excluding diaryl/α,β-unsaturated/α-hetero) is 2. The minimum absolute atomic E-state index is 0.0536. The van der Waals surface area contributed by atoms with Crippen LogP contribution in [0.1, 0.15) is 106 Å². The molecule has 0 saturated carbocycles. The molecule has 0 unspecified atom stereocenters. The Hall–Kier alpha value is -3.92. The van der Waals surface area contributed by atoms with Crippen LogP contribution in [-0.2, 0) is 9.59 Å². The summed E-state index contributed by atoms with van der Waals surface area (Å²) in [5.41, 5.74) is 6.14. The topological polar surface area (TPSA) is 47.3 Å². The number of carbonyl (C=O) groups excluding carboxylic acids is 2. The fourth-order valence-corrected chi connectivity index (χ4v) is 7.03. The van der Waals surface area contributed by atoms with E-state index in [-0.39, 0.29) is 11.6 Å². The lowest BCUT2D eigenvalue weighted by Gasteiger charge is -2.32. The van der Waals surface area contributed by atoms with Gasteiger partial charge in [0, 0.05) is 54.6 Å². The zero-order valence-corrected chi connectivity index (χ0v) is 33.6. The summed E-state index contributed by atoms with van der Waals surface area (Å²) in [6.07, 6.45) is 7.98. The van der Waals surface area contributed by atoms with Gasteiger partial charge in [0.05, 0.1) is 0 Å². The summed E-state index contributed by atoms with van der Waals surface area (Å²) in [4.78, 5) is 27.9. The van der Waals surface area contributed by atoms with E-state index in [1.54, 1.807) is 0 Å². The molecule has 0 saturated heterocycles. The van der Waals surface area contributed by atoms with Crippen LogP contribution in [-0.4, -0.2) is 11.6 Å². The average Bonchev–Trinajstić information content (AvgIpc) is 3.47. The standard InChI is InChI=1S/C46H50Cl2O3/c1-43(2,3)31-23-27(24-32(41(31)49)44(4,5)6)39(29-17-13-15-19-35(29)47)37-21-22-38(51-37)40(30-18-14-16-20-36(30)48)28-25-33(45(7,8)9)42(50)34(26-28)46(10,11)12/h13-26H,1-12H3. The molecule has 0 fully saturated rings. The number of furan rings is 1. The molecule has 0 spiro atoms. The fraction of sp³-hybridized carbons (Fsp3) is 0.348. The van der Waals surface area contributed by atoms with Crippen LogP contribution < -0.4 is 0 Å². The summed E-state index contributed by atoms with van der Waals surface area (Å²) >= 11 is 13.9. The van der Waals surface area contributed by atoms with Crippen molar-refractivity contribution < 1.29 is 14.0 Å². The molecule has 2 aromatic carbocycles. The maximum atomic E-state index is 13.9. The summed E-state index contributed by atoms with van der Waals surface area (Å²) in [6.45, 7) is 24.8. The van der Waals surface area contributed by atoms with Gasteiger partial charge in [0.2, 0.25) is 0 Å². The van der Waals surface area contributed by atoms with Crippen LogP contribution in [0.5, 0.6) is 0 Å². The number of carbonyl (C=O) groups is 2. The van der Waals surface area contributed by atoms with Gasteiger partial charge in [-0.15, -0.1) is 0 Å². The lowest BCUT2D eigenvalue weighted by atomic mass is 9.71. The van der Waals surface area contributed by atoms with Gasteiger partial charge in [0.25, 0.3) is 0 Å². The van der Waals surface area contributed by atoms with Crippen LogP contribution in [0.15, 0.2) is 123 Å². The third-order valence-corrected chi connectivity index (χ3v) is 10.0. The van der Waals surface area contributed by atoms with Crippen molar-refractivity contribution in [1.82, 2.24) is 0 Å². The van der Waals surface area contributed by atoms with Gasteiger partial charge in [-0.1, -0.05) is 143 Å². The van der Waals surface area contributed by atoms with Crippen molar-refractivity contribution in [3.05, 3.63) is 151 Å². The molecule has 1 heterocycles. The third kappa shape index (κ3) is 7.81. The summed E-state index contributed by atoms with van der Waals surface area (Å²) < 4.78 is 6.95. The fourth-order valence-electron chi connectivity index (χ4n) is 6.57. The van der Waals surface area contributed by atoms with E-state index in [1.165, 1.54) is 0 Å². The van der Waals surface area contributed by atoms with Crippen molar-refractivity contribution in [2.75, 3.05) is 0 Å². The van der Waals surface area contributed by atoms with Crippen LogP contribution in [0, 0.1) is 21.7 Å². The van der Waals surface area contributed by atoms with Gasteiger partial charge in [-0.25, -0.2) is 0 Å². The molecule has 0 bridgehead atoms. The number of rotatable bonds is 4. The SMILES string of the molecule is CC(C)(C)C1=CC(=C(c2ccc(C(=C3C=C(C(C)(C)C)C(=O)C(C(C)(C)C)=C3)c3ccccc3Cl)o2)c2ccccc2Cl)C=C(C(C)(C)C)C1=O. The van der Waals surface area contributed by atoms with Crippen molar-refractivity contribution in [3.8, 4) is 0 Å². The zero-order valence-electron chi connectivity index (χ0n) is 32.1. The Morgan fingerprint density at radius 2 is 0.725 bits per heavy atom. The van der Waals surface area contributed by atoms with E-state index in [2.05, 4.69) is 83.1 Å². The van der Waals surface area contributed by atoms with Gasteiger partial charge < -0.3 is 4.42 Å². The highest BCUT2D eigenvalue weighted by molar-refractivity contribution is 6.33. The monoisotopic (exact) mass is 720 g/mol. The molecule has 0 radical (unpaired) electrons. The predicted molar refractivity (Wildman–Crippen MR) is 214 cm³/mol. The third-order valence-electron chi connectivity index (χ3n) is 9.37. The number of allylic oxidation sites excluding steroid dienone is 10. The first-order valence-electron chi connectivity index (χ1n) is 17.6. The highest BCUT2D eigenvalue weighted by atomic mass is 35.5. The number of hydrogen-bond acceptors (Lipinski definition) is 3. The molecule has 0 aliphatic heterocycles. The first-order chi connectivity index (χ1) is 23.5. The van der Waals surface area contributed by atoms with Gasteiger partial charge in [-0.2, -0.15) is 0 Å². The molecule has 2 aliphatic rings. The minimum atomic E-state index is -0.402. The smallest absolute Gasteiger partial charge is 0.186 e. The summed E-state index contributed by atoms with van der Waals surface area (Å²) in [7, 11) is 0. The Morgan fingerprint density at radius 3 is 0.980 bits per heavy atom. The van der Waals surface area contributed by atoms with Crippen molar-refractivity contribution >= 4 is 45.9 Å². The first kappa shape index (κ1) is 38.3. The van der Waals surface area contributed by atoms with Crippen LogP contribution >= 0.6 is 23.2 Å². The van der Waals surface area contributed by atoms with Crippen molar-refractivity contribution in [2.45, 2.75) is 83.1 Å². The van der Waals surface area contributed by atoms with E-state index in [0.717, 1.165) is 55.7 Å². The molecular formula is C46H50Cl2O3. The largest absolute Gasteiger partial charge is 0.456 e. The highest BCUT2D eigenvalue weighted by Crippen LogP contribution is 2.46. The molecule has 0 amide bonds. The molecule has 3 aromatic rings. The van der Waals surface area contributed by atoms with Crippen molar-refractivity contribution in [1.29, 1.82) is 0 Å². The van der Waals surface area contributed by atoms with Crippen LogP contribution in [0.2, 0.25) is 10.0 Å². The van der Waals surface area contributed by atoms with E-state index >= 15 is 0 Å². The van der Waals surface area contributed by atoms with Gasteiger partial charge in [0.15, 0.2) is 11.6 Å². The Balaban J connectivity index is 1.90. The Kier molecular flexibility index (Phi) is 10.2. The number of hydrogen-bond donors (Lipinski definition) is 0. The summed E-state index contributed by atoms with van der Waals surface area (Å²) in [6, 6.07) is 19.3. The predicted octanol–water partition coefficient (Wildman–Crippen LogP) is 13.2. The molecule has 5 rings (SSSR count). The molecule has 5 heteroatoms. The molecule has 51 heavy (non-hydrogen) atoms. The zero-order chi connectivity index (χ0) is 37.8. The van der Waals surface area contributed by atoms with E-state index in [0.29, 0.717) is 21.6 Å². The second-order valence-electron chi connectivity index (χ2n) is 17.7. The maximum absolute atomic E-state index is 13.9. The second kappa shape index (κ2) is 13.6. The summed E-state index contributed by atoms with van der Waals surface area (Å²) in [5.74, 6) is 1.29. The normalized spacial score (nSPS) is 16.1. The molecule has 0 N–H and O–H groups in total. The lowest BCUT2D eigenvalue weighted by molar-refractivity contribution is -0.114. The van der Waals surface area contributed by atoms with Gasteiger partial charge in [-0.3, -0.25) is 9.59 Å². The van der Waals surface area contributed by atoms with Crippen molar-refractivity contribution in [3.63, 3.8) is 0 Å². The highest BCUT2D eigenvalue weighted by Gasteiger charge is 2.37. The molecule has 0 atom stereocenters. The molecule has 2 aliphatic carbocycles. The van der Waals surface area contributed by atoms with E-state index in [9.17, 15) is 9.59 Å². The number of halogens is 2. The molecular weight excluding hydrogens is 671 g/mol. The Morgan fingerprint density at radius 1 is 0.451 bits per heavy atom. The number of ketones is 2. The Bertz CT molecular complexity index is 1890. The molecule has 266 valence electrons. The first-order valence-corrected chi connectivity index (χ1v) is 18.3. The minimum Gasteiger partial charge on any atom is -0.456 e. The van der Waals surface area contributed by atoms with E-state index < -0.39 is 21.7 Å². The maximum Gasteiger partial charge on any atom is 0.186 e. The summed E-state index contributed by atoms with van der Waals surface area (Å²) in [5, 5.41) is 1.13. The van der Waals surface area contributed by atoms with Gasteiger partial charge in [-0.05, 0) is 81.4 Å². The van der Waals surface area contributed by atoms with E-state index in [1.807, 2.05) is 85.0 Å². The van der Waals surface area contributed by atoms with Gasteiger partial charge in [0.1, 0.15) is 11.5 Å². The molecule has 1 aromatic heterocycles. The lowest BCUT2D eigenvalue weighted by Crippen LogP contribution is -2.28. The van der Waals surface area contributed by atoms with E-state index in [4.69, 9.17) is 27.6 Å². The number of benzene rings is 2. The molecule has 3 nitrogen and oxygen atoms in total. The average molecular weight is 722 g/mol. The van der Waals surface area contributed by atoms with Crippen LogP contribution in [0.4, 0.5) is 0 Å². The Labute approximate surface area is 314 Å². The second-order valence-corrected chi connectivity index (χ2v) is 18.5.